The molecule has 0 atom stereocenters. The van der Waals surface area contributed by atoms with E-state index >= 15 is 0 Å². The van der Waals surface area contributed by atoms with Gasteiger partial charge in [-0.15, -0.1) is 0 Å². The highest BCUT2D eigenvalue weighted by atomic mass is 32.1. The Labute approximate surface area is 178 Å². The van der Waals surface area contributed by atoms with Crippen LogP contribution in [0.4, 0.5) is 0 Å². The lowest BCUT2D eigenvalue weighted by Gasteiger charge is -2.04. The molecule has 0 heterocycles. The number of rotatable bonds is 24. The lowest BCUT2D eigenvalue weighted by Crippen LogP contribution is -1.97. The summed E-state index contributed by atoms with van der Waals surface area (Å²) in [6, 6.07) is 0. The summed E-state index contributed by atoms with van der Waals surface area (Å²) < 4.78 is 0. The zero-order valence-electron chi connectivity index (χ0n) is 18.7. The molecule has 0 aliphatic rings. The predicted molar refractivity (Wildman–Crippen MR) is 129 cm³/mol. The van der Waals surface area contributed by atoms with Gasteiger partial charge in [-0.1, -0.05) is 135 Å². The van der Waals surface area contributed by atoms with Crippen molar-refractivity contribution in [2.75, 3.05) is 12.3 Å². The number of thiol groups is 1. The quantitative estimate of drug-likeness (QED) is 0.123. The normalized spacial score (nSPS) is 11.3. The SMILES string of the molecule is NCCCCCCCCCCCCCCCCCCCCCCCCCS. The van der Waals surface area contributed by atoms with Gasteiger partial charge in [0.15, 0.2) is 0 Å². The molecule has 0 unspecified atom stereocenters. The lowest BCUT2D eigenvalue weighted by atomic mass is 10.0. The molecule has 0 amide bonds. The maximum atomic E-state index is 5.52. The number of unbranched alkanes of at least 4 members (excludes halogenated alkanes) is 22. The first-order chi connectivity index (χ1) is 13.4. The highest BCUT2D eigenvalue weighted by Gasteiger charge is 1.95. The molecular weight excluding hydrogens is 346 g/mol. The van der Waals surface area contributed by atoms with E-state index in [0.717, 1.165) is 12.3 Å². The summed E-state index contributed by atoms with van der Waals surface area (Å²) in [5, 5.41) is 0. The monoisotopic (exact) mass is 399 g/mol. The standard InChI is InChI=1S/C25H53NS/c26-24-22-20-18-16-14-12-10-8-6-4-2-1-3-5-7-9-11-13-15-17-19-21-23-25-27/h27H,1-26H2. The third kappa shape index (κ3) is 26.3. The maximum Gasteiger partial charge on any atom is -0.00773 e. The summed E-state index contributed by atoms with van der Waals surface area (Å²) in [7, 11) is 0. The van der Waals surface area contributed by atoms with Crippen LogP contribution in [0, 0.1) is 0 Å². The van der Waals surface area contributed by atoms with E-state index in [4.69, 9.17) is 5.73 Å². The molecular formula is C25H53NS. The average molecular weight is 400 g/mol. The van der Waals surface area contributed by atoms with Crippen LogP contribution in [-0.4, -0.2) is 12.3 Å². The Hall–Kier alpha value is 0.310. The van der Waals surface area contributed by atoms with E-state index in [1.807, 2.05) is 0 Å². The zero-order chi connectivity index (χ0) is 19.7. The lowest BCUT2D eigenvalue weighted by molar-refractivity contribution is 0.518. The number of hydrogen-bond donors (Lipinski definition) is 2. The summed E-state index contributed by atoms with van der Waals surface area (Å²) in [6.07, 6.45) is 33.0. The largest absolute Gasteiger partial charge is 0.330 e. The van der Waals surface area contributed by atoms with Gasteiger partial charge in [-0.3, -0.25) is 0 Å². The first-order valence-electron chi connectivity index (χ1n) is 12.7. The van der Waals surface area contributed by atoms with Gasteiger partial charge in [-0.2, -0.15) is 12.6 Å². The zero-order valence-corrected chi connectivity index (χ0v) is 19.6. The third-order valence-corrected chi connectivity index (χ3v) is 6.18. The van der Waals surface area contributed by atoms with Crippen molar-refractivity contribution in [2.24, 2.45) is 5.73 Å². The highest BCUT2D eigenvalue weighted by molar-refractivity contribution is 7.80. The minimum Gasteiger partial charge on any atom is -0.330 e. The smallest absolute Gasteiger partial charge is 0.00773 e. The van der Waals surface area contributed by atoms with E-state index in [0.29, 0.717) is 0 Å². The van der Waals surface area contributed by atoms with Crippen LogP contribution >= 0.6 is 12.6 Å². The van der Waals surface area contributed by atoms with Crippen LogP contribution < -0.4 is 5.73 Å². The molecule has 0 aliphatic heterocycles. The summed E-state index contributed by atoms with van der Waals surface area (Å²) in [5.41, 5.74) is 5.52. The average Bonchev–Trinajstić information content (AvgIpc) is 2.68. The van der Waals surface area contributed by atoms with Crippen molar-refractivity contribution in [3.05, 3.63) is 0 Å². The molecule has 2 N–H and O–H groups in total. The van der Waals surface area contributed by atoms with E-state index < -0.39 is 0 Å². The first-order valence-corrected chi connectivity index (χ1v) is 13.4. The van der Waals surface area contributed by atoms with Crippen LogP contribution in [0.25, 0.3) is 0 Å². The molecule has 0 rings (SSSR count). The van der Waals surface area contributed by atoms with Gasteiger partial charge in [-0.25, -0.2) is 0 Å². The van der Waals surface area contributed by atoms with Crippen LogP contribution in [0.3, 0.4) is 0 Å². The highest BCUT2D eigenvalue weighted by Crippen LogP contribution is 2.15. The van der Waals surface area contributed by atoms with E-state index in [2.05, 4.69) is 12.6 Å². The molecule has 164 valence electrons. The predicted octanol–water partition coefficient (Wildman–Crippen LogP) is 8.85. The molecule has 0 bridgehead atoms. The van der Waals surface area contributed by atoms with Crippen molar-refractivity contribution in [3.8, 4) is 0 Å². The Bertz CT molecular complexity index is 220. The Morgan fingerprint density at radius 1 is 0.296 bits per heavy atom. The Morgan fingerprint density at radius 2 is 0.481 bits per heavy atom. The van der Waals surface area contributed by atoms with Gasteiger partial charge in [0.2, 0.25) is 0 Å². The minimum absolute atomic E-state index is 0.872. The fraction of sp³-hybridized carbons (Fsp3) is 1.00. The van der Waals surface area contributed by atoms with Gasteiger partial charge < -0.3 is 5.73 Å². The Kier molecular flexibility index (Phi) is 26.6. The van der Waals surface area contributed by atoms with Crippen molar-refractivity contribution in [1.82, 2.24) is 0 Å². The summed E-state index contributed by atoms with van der Waals surface area (Å²) in [6.45, 7) is 0.872. The van der Waals surface area contributed by atoms with Crippen molar-refractivity contribution >= 4 is 12.6 Å². The van der Waals surface area contributed by atoms with Gasteiger partial charge in [0.1, 0.15) is 0 Å². The second-order valence-corrected chi connectivity index (χ2v) is 9.09. The molecule has 0 spiro atoms. The Balaban J connectivity index is 2.95. The second-order valence-electron chi connectivity index (χ2n) is 8.64. The fourth-order valence-electron chi connectivity index (χ4n) is 3.97. The van der Waals surface area contributed by atoms with Crippen LogP contribution in [-0.2, 0) is 0 Å². The topological polar surface area (TPSA) is 26.0 Å². The maximum absolute atomic E-state index is 5.52. The van der Waals surface area contributed by atoms with Crippen molar-refractivity contribution in [2.45, 2.75) is 148 Å². The molecule has 0 aromatic rings. The molecule has 27 heavy (non-hydrogen) atoms. The molecule has 0 radical (unpaired) electrons. The molecule has 0 aromatic carbocycles. The third-order valence-electron chi connectivity index (χ3n) is 5.86. The second kappa shape index (κ2) is 26.3. The molecule has 2 heteroatoms. The van der Waals surface area contributed by atoms with Crippen molar-refractivity contribution < 1.29 is 0 Å². The van der Waals surface area contributed by atoms with Gasteiger partial charge in [0, 0.05) is 0 Å². The van der Waals surface area contributed by atoms with Crippen LogP contribution in [0.1, 0.15) is 148 Å². The number of hydrogen-bond acceptors (Lipinski definition) is 2. The van der Waals surface area contributed by atoms with Gasteiger partial charge >= 0.3 is 0 Å². The molecule has 0 saturated carbocycles. The van der Waals surface area contributed by atoms with E-state index in [-0.39, 0.29) is 0 Å². The van der Waals surface area contributed by atoms with Gasteiger partial charge in [0.05, 0.1) is 0 Å². The van der Waals surface area contributed by atoms with Crippen LogP contribution in [0.15, 0.2) is 0 Å². The fourth-order valence-corrected chi connectivity index (χ4v) is 4.19. The minimum atomic E-state index is 0.872. The van der Waals surface area contributed by atoms with Gasteiger partial charge in [0.25, 0.3) is 0 Å². The van der Waals surface area contributed by atoms with Crippen molar-refractivity contribution in [3.63, 3.8) is 0 Å². The molecule has 0 aliphatic carbocycles. The summed E-state index contributed by atoms with van der Waals surface area (Å²) in [5.74, 6) is 1.07. The van der Waals surface area contributed by atoms with E-state index in [1.54, 1.807) is 0 Å². The molecule has 0 aromatic heterocycles. The molecule has 0 fully saturated rings. The van der Waals surface area contributed by atoms with E-state index in [9.17, 15) is 0 Å². The molecule has 1 nitrogen and oxygen atoms in total. The van der Waals surface area contributed by atoms with E-state index in [1.165, 1.54) is 148 Å². The summed E-state index contributed by atoms with van der Waals surface area (Å²) >= 11 is 4.27. The van der Waals surface area contributed by atoms with Crippen LogP contribution in [0.5, 0.6) is 0 Å². The Morgan fingerprint density at radius 3 is 0.667 bits per heavy atom. The van der Waals surface area contributed by atoms with Crippen molar-refractivity contribution in [1.29, 1.82) is 0 Å². The summed E-state index contributed by atoms with van der Waals surface area (Å²) in [4.78, 5) is 0. The van der Waals surface area contributed by atoms with Crippen LogP contribution in [0.2, 0.25) is 0 Å². The number of nitrogens with two attached hydrogens (primary N) is 1. The van der Waals surface area contributed by atoms with Gasteiger partial charge in [-0.05, 0) is 25.1 Å². The molecule has 0 saturated heterocycles. The first kappa shape index (κ1) is 27.3.